The van der Waals surface area contributed by atoms with Gasteiger partial charge in [-0.3, -0.25) is 4.79 Å². The largest absolute Gasteiger partial charge is 0.507 e. The second kappa shape index (κ2) is 7.71. The van der Waals surface area contributed by atoms with Gasteiger partial charge < -0.3 is 39.8 Å². The number of rotatable bonds is 3. The summed E-state index contributed by atoms with van der Waals surface area (Å²) < 4.78 is 11.4. The Morgan fingerprint density at radius 2 is 1.60 bits per heavy atom. The fraction of sp³-hybridized carbons (Fsp3) is 0.286. The van der Waals surface area contributed by atoms with E-state index in [-0.39, 0.29) is 22.3 Å². The van der Waals surface area contributed by atoms with Crippen LogP contribution in [0.3, 0.4) is 0 Å². The van der Waals surface area contributed by atoms with Gasteiger partial charge in [0.1, 0.15) is 53.2 Å². The molecule has 1 aliphatic heterocycles. The molecule has 1 saturated heterocycles. The van der Waals surface area contributed by atoms with Crippen molar-refractivity contribution in [1.29, 1.82) is 0 Å². The molecule has 0 radical (unpaired) electrons. The molecule has 3 aromatic rings. The predicted molar refractivity (Wildman–Crippen MR) is 104 cm³/mol. The topological polar surface area (TPSA) is 161 Å². The molecule has 2 unspecified atom stereocenters. The van der Waals surface area contributed by atoms with Gasteiger partial charge in [0.2, 0.25) is 0 Å². The van der Waals surface area contributed by atoms with E-state index in [1.165, 1.54) is 6.07 Å². The van der Waals surface area contributed by atoms with Crippen molar-refractivity contribution >= 4 is 11.0 Å². The highest BCUT2D eigenvalue weighted by atomic mass is 16.5. The lowest BCUT2D eigenvalue weighted by molar-refractivity contribution is -0.231. The van der Waals surface area contributed by atoms with Crippen LogP contribution in [0.4, 0.5) is 0 Å². The van der Waals surface area contributed by atoms with Gasteiger partial charge in [-0.05, 0) is 0 Å². The van der Waals surface area contributed by atoms with E-state index in [2.05, 4.69) is 0 Å². The number of hydrogen-bond acceptors (Lipinski definition) is 9. The summed E-state index contributed by atoms with van der Waals surface area (Å²) in [5.41, 5.74) is -0.490. The van der Waals surface area contributed by atoms with Gasteiger partial charge >= 0.3 is 0 Å². The standard InChI is InChI=1S/C21H20O9/c22-8-14-17(26)18(27)19(28)21(30-14)16-11(24)6-10(23)15-12(25)7-13(29-20(15)16)9-4-2-1-3-5-9/h1-7,14,17-19,21-24,26-28H,8H2/t14?,17-,18+,19?,21+/m1/s1. The van der Waals surface area contributed by atoms with Crippen molar-refractivity contribution in [2.45, 2.75) is 30.5 Å². The first kappa shape index (κ1) is 20.3. The van der Waals surface area contributed by atoms with E-state index in [0.29, 0.717) is 5.56 Å². The van der Waals surface area contributed by atoms with Crippen LogP contribution in [0, 0.1) is 0 Å². The molecule has 1 fully saturated rings. The van der Waals surface area contributed by atoms with Crippen LogP contribution in [0.5, 0.6) is 11.5 Å². The van der Waals surface area contributed by atoms with E-state index >= 15 is 0 Å². The highest BCUT2D eigenvalue weighted by Crippen LogP contribution is 2.43. The molecule has 6 N–H and O–H groups in total. The number of phenols is 2. The minimum Gasteiger partial charge on any atom is -0.507 e. The molecule has 158 valence electrons. The van der Waals surface area contributed by atoms with Crippen molar-refractivity contribution in [2.75, 3.05) is 6.61 Å². The van der Waals surface area contributed by atoms with E-state index in [1.807, 2.05) is 0 Å². The molecule has 4 rings (SSSR count). The molecule has 30 heavy (non-hydrogen) atoms. The number of aromatic hydroxyl groups is 2. The molecule has 0 aliphatic carbocycles. The molecule has 9 nitrogen and oxygen atoms in total. The summed E-state index contributed by atoms with van der Waals surface area (Å²) in [6.45, 7) is -0.669. The molecule has 9 heteroatoms. The summed E-state index contributed by atoms with van der Waals surface area (Å²) >= 11 is 0. The van der Waals surface area contributed by atoms with Gasteiger partial charge in [0, 0.05) is 17.7 Å². The summed E-state index contributed by atoms with van der Waals surface area (Å²) in [6, 6.07) is 10.7. The Morgan fingerprint density at radius 3 is 2.27 bits per heavy atom. The molecular weight excluding hydrogens is 396 g/mol. The van der Waals surface area contributed by atoms with Crippen molar-refractivity contribution in [1.82, 2.24) is 0 Å². The van der Waals surface area contributed by atoms with Crippen LogP contribution in [-0.4, -0.2) is 61.7 Å². The van der Waals surface area contributed by atoms with Gasteiger partial charge in [0.25, 0.3) is 0 Å². The molecule has 2 heterocycles. The van der Waals surface area contributed by atoms with Crippen molar-refractivity contribution in [3.8, 4) is 22.8 Å². The number of benzene rings is 2. The molecule has 0 bridgehead atoms. The summed E-state index contributed by atoms with van der Waals surface area (Å²) in [5, 5.41) is 60.5. The Morgan fingerprint density at radius 1 is 0.900 bits per heavy atom. The van der Waals surface area contributed by atoms with E-state index in [4.69, 9.17) is 9.15 Å². The first-order valence-corrected chi connectivity index (χ1v) is 9.22. The molecule has 0 saturated carbocycles. The lowest BCUT2D eigenvalue weighted by Gasteiger charge is -2.40. The van der Waals surface area contributed by atoms with Crippen LogP contribution in [0.1, 0.15) is 11.7 Å². The van der Waals surface area contributed by atoms with Crippen LogP contribution in [-0.2, 0) is 4.74 Å². The van der Waals surface area contributed by atoms with Crippen LogP contribution in [0.15, 0.2) is 51.7 Å². The van der Waals surface area contributed by atoms with Gasteiger partial charge in [-0.1, -0.05) is 30.3 Å². The number of aliphatic hydroxyl groups is 4. The summed E-state index contributed by atoms with van der Waals surface area (Å²) in [4.78, 5) is 12.7. The first-order valence-electron chi connectivity index (χ1n) is 9.22. The number of fused-ring (bicyclic) bond motifs is 1. The Hall–Kier alpha value is -2.95. The maximum absolute atomic E-state index is 12.7. The number of hydrogen-bond donors (Lipinski definition) is 6. The highest BCUT2D eigenvalue weighted by molar-refractivity contribution is 5.89. The summed E-state index contributed by atoms with van der Waals surface area (Å²) in [5.74, 6) is -0.953. The van der Waals surface area contributed by atoms with Gasteiger partial charge in [-0.2, -0.15) is 0 Å². The predicted octanol–water partition coefficient (Wildman–Crippen LogP) is 0.386. The van der Waals surface area contributed by atoms with Crippen LogP contribution in [0.2, 0.25) is 0 Å². The Kier molecular flexibility index (Phi) is 5.22. The Bertz CT molecular complexity index is 1120. The maximum Gasteiger partial charge on any atom is 0.197 e. The third kappa shape index (κ3) is 3.22. The number of ether oxygens (including phenoxy) is 1. The van der Waals surface area contributed by atoms with Crippen molar-refractivity contribution < 1.29 is 39.8 Å². The van der Waals surface area contributed by atoms with E-state index in [9.17, 15) is 35.4 Å². The lowest BCUT2D eigenvalue weighted by Crippen LogP contribution is -2.55. The van der Waals surface area contributed by atoms with Gasteiger partial charge in [0.05, 0.1) is 12.2 Å². The Balaban J connectivity index is 1.97. The molecule has 1 aliphatic rings. The first-order chi connectivity index (χ1) is 14.3. The SMILES string of the molecule is O=c1cc(-c2ccccc2)oc2c([C@@H]3OC(CO)[C@@H](O)[C@H](O)C3O)c(O)cc(O)c12. The van der Waals surface area contributed by atoms with E-state index < -0.39 is 54.1 Å². The molecule has 1 aromatic heterocycles. The fourth-order valence-electron chi connectivity index (χ4n) is 3.68. The van der Waals surface area contributed by atoms with Crippen LogP contribution >= 0.6 is 0 Å². The minimum atomic E-state index is -1.72. The number of aliphatic hydroxyl groups excluding tert-OH is 4. The van der Waals surface area contributed by atoms with Gasteiger partial charge in [-0.25, -0.2) is 0 Å². The van der Waals surface area contributed by atoms with Crippen molar-refractivity contribution in [2.24, 2.45) is 0 Å². The molecule has 5 atom stereocenters. The third-order valence-electron chi connectivity index (χ3n) is 5.23. The van der Waals surface area contributed by atoms with E-state index in [0.717, 1.165) is 6.07 Å². The maximum atomic E-state index is 12.7. The lowest BCUT2D eigenvalue weighted by atomic mass is 9.89. The second-order valence-electron chi connectivity index (χ2n) is 7.12. The van der Waals surface area contributed by atoms with Crippen LogP contribution in [0.25, 0.3) is 22.3 Å². The Labute approximate surface area is 169 Å². The molecule has 2 aromatic carbocycles. The highest BCUT2D eigenvalue weighted by Gasteiger charge is 2.46. The summed E-state index contributed by atoms with van der Waals surface area (Å²) in [6.07, 6.45) is -7.71. The second-order valence-corrected chi connectivity index (χ2v) is 7.12. The molecule has 0 spiro atoms. The van der Waals surface area contributed by atoms with Crippen molar-refractivity contribution in [3.05, 3.63) is 58.3 Å². The minimum absolute atomic E-state index is 0.143. The average molecular weight is 416 g/mol. The molecule has 0 amide bonds. The normalized spacial score (nSPS) is 26.7. The van der Waals surface area contributed by atoms with Crippen LogP contribution < -0.4 is 5.43 Å². The zero-order valence-corrected chi connectivity index (χ0v) is 15.5. The zero-order valence-electron chi connectivity index (χ0n) is 15.5. The monoisotopic (exact) mass is 416 g/mol. The fourth-order valence-corrected chi connectivity index (χ4v) is 3.68. The molecular formula is C21H20O9. The van der Waals surface area contributed by atoms with Gasteiger partial charge in [-0.15, -0.1) is 0 Å². The smallest absolute Gasteiger partial charge is 0.197 e. The summed E-state index contributed by atoms with van der Waals surface area (Å²) in [7, 11) is 0. The third-order valence-corrected chi connectivity index (χ3v) is 5.23. The van der Waals surface area contributed by atoms with Crippen molar-refractivity contribution in [3.63, 3.8) is 0 Å². The van der Waals surface area contributed by atoms with E-state index in [1.54, 1.807) is 30.3 Å². The number of phenolic OH excluding ortho intramolecular Hbond substituents is 2. The van der Waals surface area contributed by atoms with Gasteiger partial charge in [0.15, 0.2) is 11.0 Å². The average Bonchev–Trinajstić information content (AvgIpc) is 2.73. The zero-order chi connectivity index (χ0) is 21.6. The quantitative estimate of drug-likeness (QED) is 0.355.